The summed E-state index contributed by atoms with van der Waals surface area (Å²) in [5.41, 5.74) is 5.99. The fourth-order valence-corrected chi connectivity index (χ4v) is 2.16. The van der Waals surface area contributed by atoms with Crippen molar-refractivity contribution < 1.29 is 4.79 Å². The Morgan fingerprint density at radius 2 is 2.12 bits per heavy atom. The third-order valence-electron chi connectivity index (χ3n) is 3.66. The van der Waals surface area contributed by atoms with Crippen LogP contribution in [0.15, 0.2) is 0 Å². The van der Waals surface area contributed by atoms with E-state index in [9.17, 15) is 4.79 Å². The highest BCUT2D eigenvalue weighted by molar-refractivity contribution is 5.82. The average molecular weight is 227 g/mol. The third-order valence-corrected chi connectivity index (χ3v) is 3.66. The molecule has 16 heavy (non-hydrogen) atoms. The number of piperazine rings is 1. The van der Waals surface area contributed by atoms with Crippen molar-refractivity contribution in [3.05, 3.63) is 0 Å². The van der Waals surface area contributed by atoms with Gasteiger partial charge in [0.1, 0.15) is 0 Å². The van der Waals surface area contributed by atoms with Crippen LogP contribution in [0, 0.1) is 5.92 Å². The van der Waals surface area contributed by atoms with Crippen LogP contribution in [0.5, 0.6) is 0 Å². The molecule has 1 fully saturated rings. The van der Waals surface area contributed by atoms with E-state index in [2.05, 4.69) is 25.8 Å². The lowest BCUT2D eigenvalue weighted by Crippen LogP contribution is -2.57. The minimum absolute atomic E-state index is 0.120. The Morgan fingerprint density at radius 1 is 1.50 bits per heavy atom. The van der Waals surface area contributed by atoms with Crippen LogP contribution >= 0.6 is 0 Å². The number of hydrogen-bond acceptors (Lipinski definition) is 3. The number of likely N-dealkylation sites (N-methyl/N-ethyl adjacent to an activating group) is 1. The van der Waals surface area contributed by atoms with Gasteiger partial charge in [-0.15, -0.1) is 0 Å². The summed E-state index contributed by atoms with van der Waals surface area (Å²) in [5.74, 6) is 0.384. The van der Waals surface area contributed by atoms with Crippen molar-refractivity contribution in [3.63, 3.8) is 0 Å². The molecule has 0 aromatic heterocycles. The first-order chi connectivity index (χ1) is 7.47. The van der Waals surface area contributed by atoms with Gasteiger partial charge >= 0.3 is 0 Å². The summed E-state index contributed by atoms with van der Waals surface area (Å²) in [6.45, 7) is 8.91. The summed E-state index contributed by atoms with van der Waals surface area (Å²) in [6.07, 6.45) is 0.953. The van der Waals surface area contributed by atoms with Crippen molar-refractivity contribution in [2.24, 2.45) is 11.7 Å². The first-order valence-corrected chi connectivity index (χ1v) is 6.22. The van der Waals surface area contributed by atoms with E-state index in [-0.39, 0.29) is 23.9 Å². The molecule has 4 nitrogen and oxygen atoms in total. The summed E-state index contributed by atoms with van der Waals surface area (Å²) in [5, 5.41) is 0. The monoisotopic (exact) mass is 227 g/mol. The summed E-state index contributed by atoms with van der Waals surface area (Å²) in [4.78, 5) is 16.4. The van der Waals surface area contributed by atoms with Crippen molar-refractivity contribution in [2.45, 2.75) is 39.3 Å². The smallest absolute Gasteiger partial charge is 0.240 e. The number of rotatable bonds is 3. The Hall–Kier alpha value is -0.610. The maximum Gasteiger partial charge on any atom is 0.240 e. The third kappa shape index (κ3) is 2.95. The molecule has 2 unspecified atom stereocenters. The Morgan fingerprint density at radius 3 is 2.62 bits per heavy atom. The normalized spacial score (nSPS) is 26.6. The first-order valence-electron chi connectivity index (χ1n) is 6.22. The van der Waals surface area contributed by atoms with Gasteiger partial charge in [0, 0.05) is 25.7 Å². The van der Waals surface area contributed by atoms with E-state index in [0.717, 1.165) is 26.1 Å². The predicted molar refractivity (Wildman–Crippen MR) is 66.1 cm³/mol. The molecule has 3 atom stereocenters. The Labute approximate surface area is 98.8 Å². The minimum atomic E-state index is -0.337. The maximum absolute atomic E-state index is 12.2. The zero-order valence-corrected chi connectivity index (χ0v) is 10.9. The lowest BCUT2D eigenvalue weighted by Gasteiger charge is -2.40. The van der Waals surface area contributed by atoms with E-state index in [1.807, 2.05) is 11.8 Å². The standard InChI is InChI=1S/C12H25N3O/c1-5-9(2)11(13)12(16)15-7-6-14(4)8-10(15)3/h9-11H,5-8,13H2,1-4H3/t9?,10?,11-/m0/s1. The van der Waals surface area contributed by atoms with Gasteiger partial charge in [-0.05, 0) is 19.9 Å². The average Bonchev–Trinajstić information content (AvgIpc) is 2.26. The number of nitrogens with zero attached hydrogens (tertiary/aromatic N) is 2. The van der Waals surface area contributed by atoms with Crippen LogP contribution in [-0.4, -0.2) is 54.5 Å². The molecule has 0 saturated carbocycles. The van der Waals surface area contributed by atoms with Gasteiger partial charge in [0.25, 0.3) is 0 Å². The molecule has 1 saturated heterocycles. The minimum Gasteiger partial charge on any atom is -0.336 e. The zero-order valence-electron chi connectivity index (χ0n) is 10.9. The Kier molecular flexibility index (Phi) is 4.74. The SMILES string of the molecule is CCC(C)[C@H](N)C(=O)N1CCN(C)CC1C. The fraction of sp³-hybridized carbons (Fsp3) is 0.917. The van der Waals surface area contributed by atoms with Gasteiger partial charge in [0.05, 0.1) is 6.04 Å². The molecule has 1 heterocycles. The summed E-state index contributed by atoms with van der Waals surface area (Å²) in [6, 6.07) is -0.0581. The van der Waals surface area contributed by atoms with Crippen molar-refractivity contribution in [3.8, 4) is 0 Å². The van der Waals surface area contributed by atoms with Crippen LogP contribution < -0.4 is 5.73 Å². The van der Waals surface area contributed by atoms with E-state index in [1.54, 1.807) is 0 Å². The van der Waals surface area contributed by atoms with Crippen molar-refractivity contribution >= 4 is 5.91 Å². The number of carbonyl (C=O) groups excluding carboxylic acids is 1. The molecule has 1 amide bonds. The molecule has 0 aromatic rings. The molecule has 94 valence electrons. The summed E-state index contributed by atoms with van der Waals surface area (Å²) >= 11 is 0. The van der Waals surface area contributed by atoms with E-state index >= 15 is 0 Å². The molecular weight excluding hydrogens is 202 g/mol. The molecule has 4 heteroatoms. The van der Waals surface area contributed by atoms with Crippen LogP contribution in [0.1, 0.15) is 27.2 Å². The van der Waals surface area contributed by atoms with Gasteiger partial charge in [0.2, 0.25) is 5.91 Å². The topological polar surface area (TPSA) is 49.6 Å². The number of carbonyl (C=O) groups is 1. The summed E-state index contributed by atoms with van der Waals surface area (Å²) in [7, 11) is 2.09. The number of amides is 1. The quantitative estimate of drug-likeness (QED) is 0.765. The molecule has 0 aliphatic carbocycles. The second-order valence-corrected chi connectivity index (χ2v) is 5.05. The molecule has 1 rings (SSSR count). The van der Waals surface area contributed by atoms with Crippen LogP contribution in [0.25, 0.3) is 0 Å². The highest BCUT2D eigenvalue weighted by Gasteiger charge is 2.30. The number of nitrogens with two attached hydrogens (primary N) is 1. The van der Waals surface area contributed by atoms with Crippen molar-refractivity contribution in [1.29, 1.82) is 0 Å². The molecule has 2 N–H and O–H groups in total. The number of hydrogen-bond donors (Lipinski definition) is 1. The van der Waals surface area contributed by atoms with Gasteiger partial charge in [-0.1, -0.05) is 20.3 Å². The van der Waals surface area contributed by atoms with Crippen LogP contribution in [0.4, 0.5) is 0 Å². The molecular formula is C12H25N3O. The Balaban J connectivity index is 2.59. The van der Waals surface area contributed by atoms with Crippen LogP contribution in [0.2, 0.25) is 0 Å². The highest BCUT2D eigenvalue weighted by atomic mass is 16.2. The predicted octanol–water partition coefficient (Wildman–Crippen LogP) is 0.522. The lowest BCUT2D eigenvalue weighted by molar-refractivity contribution is -0.138. The van der Waals surface area contributed by atoms with Gasteiger partial charge in [-0.2, -0.15) is 0 Å². The van der Waals surface area contributed by atoms with E-state index in [0.29, 0.717) is 0 Å². The zero-order chi connectivity index (χ0) is 12.3. The van der Waals surface area contributed by atoms with E-state index < -0.39 is 0 Å². The molecule has 0 aromatic carbocycles. The van der Waals surface area contributed by atoms with Gasteiger partial charge in [0.15, 0.2) is 0 Å². The van der Waals surface area contributed by atoms with Gasteiger partial charge in [-0.3, -0.25) is 4.79 Å². The van der Waals surface area contributed by atoms with Gasteiger partial charge in [-0.25, -0.2) is 0 Å². The molecule has 0 bridgehead atoms. The van der Waals surface area contributed by atoms with E-state index in [1.165, 1.54) is 0 Å². The Bertz CT molecular complexity index is 244. The molecule has 1 aliphatic heterocycles. The molecule has 1 aliphatic rings. The lowest BCUT2D eigenvalue weighted by atomic mass is 9.98. The van der Waals surface area contributed by atoms with Crippen LogP contribution in [0.3, 0.4) is 0 Å². The van der Waals surface area contributed by atoms with Crippen molar-refractivity contribution in [2.75, 3.05) is 26.7 Å². The van der Waals surface area contributed by atoms with Crippen LogP contribution in [-0.2, 0) is 4.79 Å². The second-order valence-electron chi connectivity index (χ2n) is 5.05. The second kappa shape index (κ2) is 5.64. The molecule has 0 radical (unpaired) electrons. The maximum atomic E-state index is 12.2. The molecule has 0 spiro atoms. The highest BCUT2D eigenvalue weighted by Crippen LogP contribution is 2.13. The van der Waals surface area contributed by atoms with Gasteiger partial charge < -0.3 is 15.5 Å². The summed E-state index contributed by atoms with van der Waals surface area (Å²) < 4.78 is 0. The first kappa shape index (κ1) is 13.5. The fourth-order valence-electron chi connectivity index (χ4n) is 2.16. The largest absolute Gasteiger partial charge is 0.336 e. The van der Waals surface area contributed by atoms with Crippen molar-refractivity contribution in [1.82, 2.24) is 9.80 Å². The van der Waals surface area contributed by atoms with E-state index in [4.69, 9.17) is 5.73 Å².